The van der Waals surface area contributed by atoms with Crippen LogP contribution in [0.5, 0.6) is 5.75 Å². The van der Waals surface area contributed by atoms with E-state index in [1.807, 2.05) is 32.0 Å². The van der Waals surface area contributed by atoms with Crippen LogP contribution in [-0.4, -0.2) is 37.1 Å². The molecule has 2 rings (SSSR count). The van der Waals surface area contributed by atoms with E-state index in [9.17, 15) is 14.4 Å². The first-order chi connectivity index (χ1) is 13.9. The van der Waals surface area contributed by atoms with Gasteiger partial charge in [-0.2, -0.15) is 5.10 Å². The molecule has 0 fully saturated rings. The molecule has 3 amide bonds. The number of anilines is 1. The zero-order valence-electron chi connectivity index (χ0n) is 16.6. The van der Waals surface area contributed by atoms with Gasteiger partial charge in [-0.25, -0.2) is 5.43 Å². The van der Waals surface area contributed by atoms with Crippen molar-refractivity contribution in [3.8, 4) is 5.75 Å². The Kier molecular flexibility index (Phi) is 7.90. The fraction of sp³-hybridized carbons (Fsp3) is 0.238. The van der Waals surface area contributed by atoms with Gasteiger partial charge in [-0.3, -0.25) is 14.4 Å². The first-order valence-corrected chi connectivity index (χ1v) is 9.10. The maximum atomic E-state index is 12.1. The van der Waals surface area contributed by atoms with Gasteiger partial charge < -0.3 is 15.4 Å². The minimum absolute atomic E-state index is 0.151. The molecule has 0 aliphatic rings. The van der Waals surface area contributed by atoms with Crippen molar-refractivity contribution in [2.75, 3.05) is 18.5 Å². The molecule has 2 aromatic rings. The molecule has 0 aromatic heterocycles. The van der Waals surface area contributed by atoms with Crippen LogP contribution in [0.15, 0.2) is 47.6 Å². The van der Waals surface area contributed by atoms with Crippen LogP contribution in [0.1, 0.15) is 23.6 Å². The van der Waals surface area contributed by atoms with Crippen LogP contribution < -0.4 is 20.8 Å². The van der Waals surface area contributed by atoms with E-state index >= 15 is 0 Å². The standard InChI is InChI=1S/C21H24N4O4/c1-4-22-20(27)21(28)25-23-12-16-6-5-7-17(11-16)29-13-19(26)24-18-9-8-14(2)10-15(18)3/h5-12H,4,13H2,1-3H3,(H,22,27)(H,24,26)(H,25,28)/b23-12-. The summed E-state index contributed by atoms with van der Waals surface area (Å²) in [5.74, 6) is -1.40. The monoisotopic (exact) mass is 396 g/mol. The van der Waals surface area contributed by atoms with Gasteiger partial charge in [0.1, 0.15) is 5.75 Å². The average molecular weight is 396 g/mol. The zero-order valence-corrected chi connectivity index (χ0v) is 16.6. The van der Waals surface area contributed by atoms with Crippen LogP contribution in [-0.2, 0) is 14.4 Å². The fourth-order valence-corrected chi connectivity index (χ4v) is 2.43. The van der Waals surface area contributed by atoms with Crippen LogP contribution in [0.4, 0.5) is 5.69 Å². The van der Waals surface area contributed by atoms with Crippen molar-refractivity contribution in [1.29, 1.82) is 0 Å². The van der Waals surface area contributed by atoms with E-state index < -0.39 is 11.8 Å². The summed E-state index contributed by atoms with van der Waals surface area (Å²) in [7, 11) is 0. The normalized spacial score (nSPS) is 10.4. The van der Waals surface area contributed by atoms with Gasteiger partial charge in [-0.1, -0.05) is 29.8 Å². The molecule has 0 unspecified atom stereocenters. The van der Waals surface area contributed by atoms with Gasteiger partial charge in [0.2, 0.25) is 0 Å². The third-order valence-electron chi connectivity index (χ3n) is 3.81. The summed E-state index contributed by atoms with van der Waals surface area (Å²) in [6.07, 6.45) is 1.37. The molecule has 0 bridgehead atoms. The molecule has 0 heterocycles. The molecule has 0 aliphatic carbocycles. The molecule has 3 N–H and O–H groups in total. The van der Waals surface area contributed by atoms with E-state index in [1.165, 1.54) is 6.21 Å². The molecule has 8 nitrogen and oxygen atoms in total. The smallest absolute Gasteiger partial charge is 0.329 e. The van der Waals surface area contributed by atoms with Gasteiger partial charge >= 0.3 is 11.8 Å². The summed E-state index contributed by atoms with van der Waals surface area (Å²) in [5.41, 5.74) is 5.61. The van der Waals surface area contributed by atoms with Crippen molar-refractivity contribution in [3.05, 3.63) is 59.2 Å². The molecular formula is C21H24N4O4. The molecule has 0 atom stereocenters. The number of benzene rings is 2. The molecular weight excluding hydrogens is 372 g/mol. The molecule has 29 heavy (non-hydrogen) atoms. The number of carbonyl (C=O) groups is 3. The highest BCUT2D eigenvalue weighted by Gasteiger charge is 2.10. The zero-order chi connectivity index (χ0) is 21.2. The number of ether oxygens (including phenoxy) is 1. The van der Waals surface area contributed by atoms with E-state index in [0.717, 1.165) is 16.8 Å². The van der Waals surface area contributed by atoms with Crippen LogP contribution in [0.2, 0.25) is 0 Å². The number of aryl methyl sites for hydroxylation is 2. The summed E-state index contributed by atoms with van der Waals surface area (Å²) in [4.78, 5) is 34.9. The van der Waals surface area contributed by atoms with E-state index in [1.54, 1.807) is 31.2 Å². The van der Waals surface area contributed by atoms with Crippen LogP contribution in [0, 0.1) is 13.8 Å². The summed E-state index contributed by atoms with van der Waals surface area (Å²) in [5, 5.41) is 8.92. The van der Waals surface area contributed by atoms with Crippen molar-refractivity contribution >= 4 is 29.6 Å². The predicted molar refractivity (Wildman–Crippen MR) is 111 cm³/mol. The minimum Gasteiger partial charge on any atom is -0.484 e. The SMILES string of the molecule is CCNC(=O)C(=O)N/N=C\c1cccc(OCC(=O)Nc2ccc(C)cc2C)c1. The van der Waals surface area contributed by atoms with Gasteiger partial charge in [0.15, 0.2) is 6.61 Å². The van der Waals surface area contributed by atoms with E-state index in [2.05, 4.69) is 21.2 Å². The minimum atomic E-state index is -0.849. The Morgan fingerprint density at radius 1 is 1.07 bits per heavy atom. The number of nitrogens with zero attached hydrogens (tertiary/aromatic N) is 1. The third-order valence-corrected chi connectivity index (χ3v) is 3.81. The highest BCUT2D eigenvalue weighted by atomic mass is 16.5. The number of amides is 3. The molecule has 8 heteroatoms. The second kappa shape index (κ2) is 10.6. The maximum absolute atomic E-state index is 12.1. The predicted octanol–water partition coefficient (Wildman–Crippen LogP) is 1.91. The molecule has 152 valence electrons. The lowest BCUT2D eigenvalue weighted by Gasteiger charge is -2.10. The molecule has 0 spiro atoms. The number of hydrogen-bond acceptors (Lipinski definition) is 5. The summed E-state index contributed by atoms with van der Waals surface area (Å²) in [6, 6.07) is 12.6. The second-order valence-electron chi connectivity index (χ2n) is 6.29. The first kappa shape index (κ1) is 21.6. The maximum Gasteiger partial charge on any atom is 0.329 e. The van der Waals surface area contributed by atoms with E-state index in [0.29, 0.717) is 17.9 Å². The average Bonchev–Trinajstić information content (AvgIpc) is 2.69. The molecule has 0 radical (unpaired) electrons. The molecule has 0 aliphatic heterocycles. The van der Waals surface area contributed by atoms with Crippen LogP contribution in [0.25, 0.3) is 0 Å². The Hall–Kier alpha value is -3.68. The Morgan fingerprint density at radius 2 is 1.86 bits per heavy atom. The van der Waals surface area contributed by atoms with E-state index in [-0.39, 0.29) is 12.5 Å². The number of likely N-dealkylation sites (N-methyl/N-ethyl adjacent to an activating group) is 1. The van der Waals surface area contributed by atoms with Crippen molar-refractivity contribution in [2.45, 2.75) is 20.8 Å². The fourth-order valence-electron chi connectivity index (χ4n) is 2.43. The Bertz CT molecular complexity index is 925. The van der Waals surface area contributed by atoms with E-state index in [4.69, 9.17) is 4.74 Å². The highest BCUT2D eigenvalue weighted by molar-refractivity contribution is 6.35. The topological polar surface area (TPSA) is 109 Å². The van der Waals surface area contributed by atoms with Crippen molar-refractivity contribution < 1.29 is 19.1 Å². The Morgan fingerprint density at radius 3 is 2.59 bits per heavy atom. The van der Waals surface area contributed by atoms with Gasteiger partial charge in [-0.05, 0) is 50.1 Å². The third kappa shape index (κ3) is 7.10. The molecule has 2 aromatic carbocycles. The summed E-state index contributed by atoms with van der Waals surface area (Å²) < 4.78 is 5.52. The number of rotatable bonds is 7. The second-order valence-corrected chi connectivity index (χ2v) is 6.29. The highest BCUT2D eigenvalue weighted by Crippen LogP contribution is 2.16. The molecule has 0 saturated heterocycles. The Labute approximate surface area is 169 Å². The van der Waals surface area contributed by atoms with Crippen molar-refractivity contribution in [1.82, 2.24) is 10.7 Å². The van der Waals surface area contributed by atoms with Crippen molar-refractivity contribution in [3.63, 3.8) is 0 Å². The van der Waals surface area contributed by atoms with Crippen LogP contribution in [0.3, 0.4) is 0 Å². The lowest BCUT2D eigenvalue weighted by Crippen LogP contribution is -2.37. The van der Waals surface area contributed by atoms with Gasteiger partial charge in [0, 0.05) is 12.2 Å². The van der Waals surface area contributed by atoms with Gasteiger partial charge in [0.05, 0.1) is 6.21 Å². The summed E-state index contributed by atoms with van der Waals surface area (Å²) >= 11 is 0. The first-order valence-electron chi connectivity index (χ1n) is 9.10. The lowest BCUT2D eigenvalue weighted by atomic mass is 10.1. The number of carbonyl (C=O) groups excluding carboxylic acids is 3. The quantitative estimate of drug-likeness (QED) is 0.377. The molecule has 0 saturated carbocycles. The number of nitrogens with one attached hydrogen (secondary N) is 3. The Balaban J connectivity index is 1.87. The number of hydrazone groups is 1. The largest absolute Gasteiger partial charge is 0.484 e. The summed E-state index contributed by atoms with van der Waals surface area (Å²) in [6.45, 7) is 5.83. The lowest BCUT2D eigenvalue weighted by molar-refractivity contribution is -0.139. The van der Waals surface area contributed by atoms with Crippen LogP contribution >= 0.6 is 0 Å². The van der Waals surface area contributed by atoms with Gasteiger partial charge in [-0.15, -0.1) is 0 Å². The van der Waals surface area contributed by atoms with Crippen molar-refractivity contribution in [2.24, 2.45) is 5.10 Å². The van der Waals surface area contributed by atoms with Gasteiger partial charge in [0.25, 0.3) is 5.91 Å². The number of hydrogen-bond donors (Lipinski definition) is 3.